The molecule has 0 aliphatic heterocycles. The van der Waals surface area contributed by atoms with E-state index in [4.69, 9.17) is 0 Å². The molecule has 3 aromatic rings. The lowest BCUT2D eigenvalue weighted by Gasteiger charge is -2.03. The van der Waals surface area contributed by atoms with Gasteiger partial charge in [-0.05, 0) is 31.5 Å². The quantitative estimate of drug-likeness (QED) is 0.698. The van der Waals surface area contributed by atoms with E-state index in [9.17, 15) is 8.78 Å². The Kier molecular flexibility index (Phi) is 2.59. The molecule has 0 radical (unpaired) electrons. The highest BCUT2D eigenvalue weighted by molar-refractivity contribution is 5.80. The van der Waals surface area contributed by atoms with Crippen molar-refractivity contribution >= 4 is 11.0 Å². The summed E-state index contributed by atoms with van der Waals surface area (Å²) in [5, 5.41) is 0. The van der Waals surface area contributed by atoms with Gasteiger partial charge in [-0.25, -0.2) is 13.8 Å². The smallest absolute Gasteiger partial charge is 0.186 e. The van der Waals surface area contributed by atoms with E-state index in [1.54, 1.807) is 0 Å². The number of benzene rings is 2. The first kappa shape index (κ1) is 11.8. The number of fused-ring (bicyclic) bond motifs is 1. The van der Waals surface area contributed by atoms with E-state index in [1.807, 2.05) is 32.0 Å². The molecule has 0 saturated carbocycles. The van der Waals surface area contributed by atoms with Gasteiger partial charge in [0.15, 0.2) is 11.6 Å². The minimum Gasteiger partial charge on any atom is -0.338 e. The highest BCUT2D eigenvalue weighted by Gasteiger charge is 2.13. The van der Waals surface area contributed by atoms with Crippen molar-refractivity contribution < 1.29 is 8.78 Å². The largest absolute Gasteiger partial charge is 0.338 e. The zero-order valence-corrected chi connectivity index (χ0v) is 10.6. The molecule has 2 aromatic carbocycles. The van der Waals surface area contributed by atoms with E-state index in [0.717, 1.165) is 22.8 Å². The van der Waals surface area contributed by atoms with E-state index < -0.39 is 11.6 Å². The first-order chi connectivity index (χ1) is 9.06. The van der Waals surface area contributed by atoms with Crippen molar-refractivity contribution in [3.05, 3.63) is 53.1 Å². The first-order valence-electron chi connectivity index (χ1n) is 5.97. The average Bonchev–Trinajstić information content (AvgIpc) is 2.78. The molecule has 0 atom stereocenters. The molecule has 96 valence electrons. The Morgan fingerprint density at radius 2 is 1.84 bits per heavy atom. The van der Waals surface area contributed by atoms with E-state index in [0.29, 0.717) is 11.3 Å². The summed E-state index contributed by atoms with van der Waals surface area (Å²) in [6.07, 6.45) is 0. The average molecular weight is 258 g/mol. The minimum atomic E-state index is -0.912. The van der Waals surface area contributed by atoms with E-state index in [-0.39, 0.29) is 5.52 Å². The first-order valence-corrected chi connectivity index (χ1v) is 5.97. The zero-order valence-electron chi connectivity index (χ0n) is 10.6. The molecule has 4 heteroatoms. The monoisotopic (exact) mass is 258 g/mol. The topological polar surface area (TPSA) is 28.7 Å². The molecule has 0 saturated heterocycles. The Labute approximate surface area is 109 Å². The fourth-order valence-corrected chi connectivity index (χ4v) is 2.22. The number of aromatic nitrogens is 2. The second kappa shape index (κ2) is 4.16. The van der Waals surface area contributed by atoms with Crippen LogP contribution in [-0.4, -0.2) is 9.97 Å². The number of halogens is 2. The van der Waals surface area contributed by atoms with Gasteiger partial charge in [0.1, 0.15) is 11.3 Å². The van der Waals surface area contributed by atoms with Crippen LogP contribution in [0.3, 0.4) is 0 Å². The lowest BCUT2D eigenvalue weighted by atomic mass is 10.1. The fraction of sp³-hybridized carbons (Fsp3) is 0.133. The number of imidazole rings is 1. The van der Waals surface area contributed by atoms with Crippen LogP contribution in [-0.2, 0) is 0 Å². The van der Waals surface area contributed by atoms with Crippen LogP contribution < -0.4 is 0 Å². The normalized spacial score (nSPS) is 11.2. The Bertz CT molecular complexity index is 775. The van der Waals surface area contributed by atoms with Crippen molar-refractivity contribution in [2.45, 2.75) is 13.8 Å². The van der Waals surface area contributed by atoms with Gasteiger partial charge in [0.25, 0.3) is 0 Å². The predicted octanol–water partition coefficient (Wildman–Crippen LogP) is 4.12. The Hall–Kier alpha value is -2.23. The molecule has 0 aliphatic rings. The van der Waals surface area contributed by atoms with Crippen LogP contribution in [0.5, 0.6) is 0 Å². The third-order valence-electron chi connectivity index (χ3n) is 3.18. The molecule has 2 nitrogen and oxygen atoms in total. The van der Waals surface area contributed by atoms with Gasteiger partial charge in [-0.3, -0.25) is 0 Å². The van der Waals surface area contributed by atoms with E-state index >= 15 is 0 Å². The Morgan fingerprint density at radius 3 is 2.58 bits per heavy atom. The number of aryl methyl sites for hydroxylation is 2. The summed E-state index contributed by atoms with van der Waals surface area (Å²) in [6, 6.07) is 8.51. The maximum atomic E-state index is 13.6. The summed E-state index contributed by atoms with van der Waals surface area (Å²) in [5.41, 5.74) is 3.61. The molecule has 1 heterocycles. The molecule has 0 unspecified atom stereocenters. The molecular weight excluding hydrogens is 246 g/mol. The second-order valence-electron chi connectivity index (χ2n) is 4.66. The SMILES string of the molecule is Cc1ccc(-c2nc3c(F)c(F)ccc3[nH]2)c(C)c1. The number of nitrogens with one attached hydrogen (secondary N) is 1. The molecule has 0 aliphatic carbocycles. The molecule has 1 N–H and O–H groups in total. The van der Waals surface area contributed by atoms with Crippen LogP contribution >= 0.6 is 0 Å². The third kappa shape index (κ3) is 1.89. The molecule has 0 spiro atoms. The predicted molar refractivity (Wildman–Crippen MR) is 70.9 cm³/mol. The molecule has 3 rings (SSSR count). The summed E-state index contributed by atoms with van der Waals surface area (Å²) in [7, 11) is 0. The van der Waals surface area contributed by atoms with Gasteiger partial charge in [0, 0.05) is 5.56 Å². The zero-order chi connectivity index (χ0) is 13.6. The second-order valence-corrected chi connectivity index (χ2v) is 4.66. The number of nitrogens with zero attached hydrogens (tertiary/aromatic N) is 1. The molecule has 19 heavy (non-hydrogen) atoms. The van der Waals surface area contributed by atoms with E-state index in [2.05, 4.69) is 9.97 Å². The summed E-state index contributed by atoms with van der Waals surface area (Å²) >= 11 is 0. The van der Waals surface area contributed by atoms with Gasteiger partial charge in [-0.15, -0.1) is 0 Å². The van der Waals surface area contributed by atoms with Crippen LogP contribution in [0.2, 0.25) is 0 Å². The van der Waals surface area contributed by atoms with E-state index in [1.165, 1.54) is 6.07 Å². The number of hydrogen-bond acceptors (Lipinski definition) is 1. The number of aromatic amines is 1. The van der Waals surface area contributed by atoms with Gasteiger partial charge in [-0.2, -0.15) is 0 Å². The Balaban J connectivity index is 2.23. The summed E-state index contributed by atoms with van der Waals surface area (Å²) in [6.45, 7) is 3.97. The maximum Gasteiger partial charge on any atom is 0.186 e. The Morgan fingerprint density at radius 1 is 1.05 bits per heavy atom. The summed E-state index contributed by atoms with van der Waals surface area (Å²) < 4.78 is 26.8. The van der Waals surface area contributed by atoms with Crippen molar-refractivity contribution in [3.8, 4) is 11.4 Å². The van der Waals surface area contributed by atoms with Crippen molar-refractivity contribution in [1.29, 1.82) is 0 Å². The minimum absolute atomic E-state index is 0.0370. The lowest BCUT2D eigenvalue weighted by Crippen LogP contribution is -1.87. The van der Waals surface area contributed by atoms with Crippen molar-refractivity contribution in [1.82, 2.24) is 9.97 Å². The van der Waals surface area contributed by atoms with Crippen molar-refractivity contribution in [2.24, 2.45) is 0 Å². The number of rotatable bonds is 1. The fourth-order valence-electron chi connectivity index (χ4n) is 2.22. The summed E-state index contributed by atoms with van der Waals surface area (Å²) in [5.74, 6) is -1.24. The highest BCUT2D eigenvalue weighted by Crippen LogP contribution is 2.26. The van der Waals surface area contributed by atoms with Gasteiger partial charge in [0.05, 0.1) is 5.52 Å². The van der Waals surface area contributed by atoms with Gasteiger partial charge >= 0.3 is 0 Å². The van der Waals surface area contributed by atoms with Crippen molar-refractivity contribution in [3.63, 3.8) is 0 Å². The van der Waals surface area contributed by atoms with Gasteiger partial charge in [0.2, 0.25) is 0 Å². The molecule has 0 bridgehead atoms. The van der Waals surface area contributed by atoms with Gasteiger partial charge < -0.3 is 4.98 Å². The highest BCUT2D eigenvalue weighted by atomic mass is 19.2. The standard InChI is InChI=1S/C15H12F2N2/c1-8-3-4-10(9(2)7-8)15-18-12-6-5-11(16)13(17)14(12)19-15/h3-7H,1-2H3,(H,18,19). The van der Waals surface area contributed by atoms with Crippen LogP contribution in [0.1, 0.15) is 11.1 Å². The maximum absolute atomic E-state index is 13.6. The molecule has 0 fully saturated rings. The van der Waals surface area contributed by atoms with Crippen LogP contribution in [0.25, 0.3) is 22.4 Å². The number of H-pyrrole nitrogens is 1. The van der Waals surface area contributed by atoms with Crippen molar-refractivity contribution in [2.75, 3.05) is 0 Å². The van der Waals surface area contributed by atoms with Gasteiger partial charge in [-0.1, -0.05) is 23.8 Å². The van der Waals surface area contributed by atoms with Crippen LogP contribution in [0.15, 0.2) is 30.3 Å². The molecule has 0 amide bonds. The van der Waals surface area contributed by atoms with Crippen LogP contribution in [0, 0.1) is 25.5 Å². The lowest BCUT2D eigenvalue weighted by molar-refractivity contribution is 0.515. The van der Waals surface area contributed by atoms with Crippen LogP contribution in [0.4, 0.5) is 8.78 Å². The molecular formula is C15H12F2N2. The summed E-state index contributed by atoms with van der Waals surface area (Å²) in [4.78, 5) is 7.19. The third-order valence-corrected chi connectivity index (χ3v) is 3.18. The number of hydrogen-bond donors (Lipinski definition) is 1. The molecule has 1 aromatic heterocycles.